The minimum Gasteiger partial charge on any atom is -0.348 e. The largest absolute Gasteiger partial charge is 0.348 e. The predicted octanol–water partition coefficient (Wildman–Crippen LogP) is 1.74. The van der Waals surface area contributed by atoms with E-state index in [4.69, 9.17) is 11.6 Å². The molecule has 86 valence electrons. The number of rotatable bonds is 2. The van der Waals surface area contributed by atoms with Gasteiger partial charge in [-0.25, -0.2) is 0 Å². The Bertz CT molecular complexity index is 400. The summed E-state index contributed by atoms with van der Waals surface area (Å²) < 4.78 is 0. The smallest absolute Gasteiger partial charge is 0.251 e. The molecule has 16 heavy (non-hydrogen) atoms. The molecule has 1 aliphatic heterocycles. The SMILES string of the molecule is Cc1cc(C(=O)N[C@H]2CCNC2)ccc1Cl. The highest BCUT2D eigenvalue weighted by Gasteiger charge is 2.17. The highest BCUT2D eigenvalue weighted by atomic mass is 35.5. The molecule has 0 saturated carbocycles. The van der Waals surface area contributed by atoms with E-state index in [1.54, 1.807) is 12.1 Å². The molecule has 1 amide bonds. The van der Waals surface area contributed by atoms with Crippen molar-refractivity contribution in [2.75, 3.05) is 13.1 Å². The Balaban J connectivity index is 2.05. The van der Waals surface area contributed by atoms with Crippen molar-refractivity contribution >= 4 is 17.5 Å². The first-order chi connectivity index (χ1) is 7.66. The third-order valence-electron chi connectivity index (χ3n) is 2.82. The molecule has 3 nitrogen and oxygen atoms in total. The van der Waals surface area contributed by atoms with E-state index in [0.717, 1.165) is 25.1 Å². The summed E-state index contributed by atoms with van der Waals surface area (Å²) in [7, 11) is 0. The fraction of sp³-hybridized carbons (Fsp3) is 0.417. The van der Waals surface area contributed by atoms with Crippen LogP contribution in [0.3, 0.4) is 0 Å². The molecule has 1 atom stereocenters. The molecule has 0 aliphatic carbocycles. The summed E-state index contributed by atoms with van der Waals surface area (Å²) in [4.78, 5) is 11.9. The Hall–Kier alpha value is -1.06. The molecule has 1 saturated heterocycles. The van der Waals surface area contributed by atoms with Crippen LogP contribution in [0.2, 0.25) is 5.02 Å². The van der Waals surface area contributed by atoms with Gasteiger partial charge in [-0.3, -0.25) is 4.79 Å². The predicted molar refractivity (Wildman–Crippen MR) is 64.9 cm³/mol. The van der Waals surface area contributed by atoms with Gasteiger partial charge in [0.15, 0.2) is 0 Å². The number of amides is 1. The first-order valence-electron chi connectivity index (χ1n) is 5.44. The van der Waals surface area contributed by atoms with Crippen LogP contribution in [0.1, 0.15) is 22.3 Å². The van der Waals surface area contributed by atoms with Gasteiger partial charge in [0.1, 0.15) is 0 Å². The van der Waals surface area contributed by atoms with Crippen molar-refractivity contribution in [2.45, 2.75) is 19.4 Å². The van der Waals surface area contributed by atoms with Gasteiger partial charge in [-0.15, -0.1) is 0 Å². The number of nitrogens with one attached hydrogen (secondary N) is 2. The lowest BCUT2D eigenvalue weighted by Crippen LogP contribution is -2.36. The Kier molecular flexibility index (Phi) is 3.46. The first-order valence-corrected chi connectivity index (χ1v) is 5.82. The molecule has 1 aromatic rings. The summed E-state index contributed by atoms with van der Waals surface area (Å²) in [5.74, 6) is -0.0199. The van der Waals surface area contributed by atoms with Gasteiger partial charge in [0.05, 0.1) is 0 Å². The molecule has 0 radical (unpaired) electrons. The molecule has 0 spiro atoms. The van der Waals surface area contributed by atoms with Crippen LogP contribution in [0, 0.1) is 6.92 Å². The average Bonchev–Trinajstić information content (AvgIpc) is 2.74. The van der Waals surface area contributed by atoms with Crippen LogP contribution in [0.5, 0.6) is 0 Å². The molecule has 1 aromatic carbocycles. The van der Waals surface area contributed by atoms with E-state index in [0.29, 0.717) is 10.6 Å². The maximum absolute atomic E-state index is 11.9. The number of benzene rings is 1. The molecule has 2 N–H and O–H groups in total. The number of hydrogen-bond acceptors (Lipinski definition) is 2. The lowest BCUT2D eigenvalue weighted by atomic mass is 10.1. The van der Waals surface area contributed by atoms with Crippen LogP contribution in [0.15, 0.2) is 18.2 Å². The van der Waals surface area contributed by atoms with Crippen molar-refractivity contribution in [3.63, 3.8) is 0 Å². The second-order valence-electron chi connectivity index (χ2n) is 4.13. The first kappa shape index (κ1) is 11.4. The van der Waals surface area contributed by atoms with Crippen molar-refractivity contribution in [1.82, 2.24) is 10.6 Å². The van der Waals surface area contributed by atoms with Crippen LogP contribution in [0.4, 0.5) is 0 Å². The molecular weight excluding hydrogens is 224 g/mol. The summed E-state index contributed by atoms with van der Waals surface area (Å²) >= 11 is 5.91. The lowest BCUT2D eigenvalue weighted by Gasteiger charge is -2.11. The van der Waals surface area contributed by atoms with Gasteiger partial charge in [0, 0.05) is 23.2 Å². The van der Waals surface area contributed by atoms with Gasteiger partial charge in [0.25, 0.3) is 5.91 Å². The van der Waals surface area contributed by atoms with E-state index in [2.05, 4.69) is 10.6 Å². The topological polar surface area (TPSA) is 41.1 Å². The van der Waals surface area contributed by atoms with Gasteiger partial charge in [0.2, 0.25) is 0 Å². The number of hydrogen-bond donors (Lipinski definition) is 2. The maximum atomic E-state index is 11.9. The van der Waals surface area contributed by atoms with E-state index in [1.165, 1.54) is 0 Å². The zero-order valence-corrected chi connectivity index (χ0v) is 9.97. The Labute approximate surface area is 100 Å². The van der Waals surface area contributed by atoms with Crippen LogP contribution < -0.4 is 10.6 Å². The summed E-state index contributed by atoms with van der Waals surface area (Å²) in [6.07, 6.45) is 0.998. The van der Waals surface area contributed by atoms with Crippen molar-refractivity contribution < 1.29 is 4.79 Å². The number of halogens is 1. The van der Waals surface area contributed by atoms with Crippen molar-refractivity contribution in [2.24, 2.45) is 0 Å². The van der Waals surface area contributed by atoms with Crippen molar-refractivity contribution in [1.29, 1.82) is 0 Å². The van der Waals surface area contributed by atoms with Crippen LogP contribution >= 0.6 is 11.6 Å². The molecule has 0 bridgehead atoms. The molecule has 1 fully saturated rings. The van der Waals surface area contributed by atoms with Gasteiger partial charge in [-0.05, 0) is 43.7 Å². The van der Waals surface area contributed by atoms with Crippen LogP contribution in [0.25, 0.3) is 0 Å². The average molecular weight is 239 g/mol. The quantitative estimate of drug-likeness (QED) is 0.824. The zero-order valence-electron chi connectivity index (χ0n) is 9.22. The minimum absolute atomic E-state index is 0.0199. The summed E-state index contributed by atoms with van der Waals surface area (Å²) in [5, 5.41) is 6.90. The summed E-state index contributed by atoms with van der Waals surface area (Å²) in [5.41, 5.74) is 1.60. The van der Waals surface area contributed by atoms with Crippen LogP contribution in [-0.2, 0) is 0 Å². The number of aryl methyl sites for hydroxylation is 1. The maximum Gasteiger partial charge on any atom is 0.251 e. The second kappa shape index (κ2) is 4.85. The van der Waals surface area contributed by atoms with E-state index in [9.17, 15) is 4.79 Å². The lowest BCUT2D eigenvalue weighted by molar-refractivity contribution is 0.0940. The van der Waals surface area contributed by atoms with Gasteiger partial charge in [-0.2, -0.15) is 0 Å². The van der Waals surface area contributed by atoms with Gasteiger partial charge in [-0.1, -0.05) is 11.6 Å². The molecule has 1 heterocycles. The number of carbonyl (C=O) groups is 1. The van der Waals surface area contributed by atoms with E-state index < -0.39 is 0 Å². The van der Waals surface area contributed by atoms with E-state index >= 15 is 0 Å². The third kappa shape index (κ3) is 2.54. The van der Waals surface area contributed by atoms with Gasteiger partial charge >= 0.3 is 0 Å². The normalized spacial score (nSPS) is 19.8. The van der Waals surface area contributed by atoms with E-state index in [1.807, 2.05) is 13.0 Å². The second-order valence-corrected chi connectivity index (χ2v) is 4.53. The Morgan fingerprint density at radius 1 is 1.56 bits per heavy atom. The Morgan fingerprint density at radius 3 is 3.00 bits per heavy atom. The van der Waals surface area contributed by atoms with Gasteiger partial charge < -0.3 is 10.6 Å². The van der Waals surface area contributed by atoms with E-state index in [-0.39, 0.29) is 11.9 Å². The molecule has 0 aromatic heterocycles. The van der Waals surface area contributed by atoms with Crippen molar-refractivity contribution in [3.05, 3.63) is 34.3 Å². The minimum atomic E-state index is -0.0199. The Morgan fingerprint density at radius 2 is 2.38 bits per heavy atom. The molecular formula is C12H15ClN2O. The number of carbonyl (C=O) groups excluding carboxylic acids is 1. The van der Waals surface area contributed by atoms with Crippen LogP contribution in [-0.4, -0.2) is 25.0 Å². The monoisotopic (exact) mass is 238 g/mol. The third-order valence-corrected chi connectivity index (χ3v) is 3.24. The highest BCUT2D eigenvalue weighted by Crippen LogP contribution is 2.16. The fourth-order valence-electron chi connectivity index (χ4n) is 1.83. The van der Waals surface area contributed by atoms with Crippen molar-refractivity contribution in [3.8, 4) is 0 Å². The molecule has 0 unspecified atom stereocenters. The molecule has 2 rings (SSSR count). The standard InChI is InChI=1S/C12H15ClN2O/c1-8-6-9(2-3-11(8)13)12(16)15-10-4-5-14-7-10/h2-3,6,10,14H,4-5,7H2,1H3,(H,15,16)/t10-/m0/s1. The fourth-order valence-corrected chi connectivity index (χ4v) is 1.95. The highest BCUT2D eigenvalue weighted by molar-refractivity contribution is 6.31. The molecule has 1 aliphatic rings. The zero-order chi connectivity index (χ0) is 11.5. The summed E-state index contributed by atoms with van der Waals surface area (Å²) in [6, 6.07) is 5.59. The molecule has 4 heteroatoms. The summed E-state index contributed by atoms with van der Waals surface area (Å²) in [6.45, 7) is 3.74.